The lowest BCUT2D eigenvalue weighted by Gasteiger charge is -2.21. The average molecular weight is 405 g/mol. The van der Waals surface area contributed by atoms with Crippen LogP contribution in [0.3, 0.4) is 0 Å². The van der Waals surface area contributed by atoms with Gasteiger partial charge in [-0.05, 0) is 57.2 Å². The number of amides is 3. The fourth-order valence-electron chi connectivity index (χ4n) is 3.34. The summed E-state index contributed by atoms with van der Waals surface area (Å²) in [7, 11) is 0. The van der Waals surface area contributed by atoms with Gasteiger partial charge in [0.05, 0.1) is 11.1 Å². The van der Waals surface area contributed by atoms with Crippen LogP contribution in [-0.4, -0.2) is 53.8 Å². The Morgan fingerprint density at radius 1 is 1.24 bits per heavy atom. The molecule has 1 saturated carbocycles. The molecule has 2 fully saturated rings. The van der Waals surface area contributed by atoms with E-state index >= 15 is 0 Å². The molecule has 8 nitrogen and oxygen atoms in total. The number of carbonyl (C=O) groups excluding carboxylic acids is 2. The van der Waals surface area contributed by atoms with Crippen LogP contribution in [-0.2, 0) is 10.3 Å². The highest BCUT2D eigenvalue weighted by Gasteiger charge is 2.44. The molecular weight excluding hydrogens is 372 g/mol. The smallest absolute Gasteiger partial charge is 0.324 e. The number of nitrogens with one attached hydrogen (secondary N) is 3. The first-order valence-corrected chi connectivity index (χ1v) is 10.3. The third-order valence-corrected chi connectivity index (χ3v) is 5.15. The van der Waals surface area contributed by atoms with Crippen molar-refractivity contribution in [1.29, 1.82) is 0 Å². The number of ether oxygens (including phenoxy) is 1. The summed E-state index contributed by atoms with van der Waals surface area (Å²) in [5.74, 6) is 0.548. The SMILES string of the molecule is CC(C)(O)COc1cccc(C2(NNCCCCCN3CC(=O)NC3=O)CC2)c1. The molecule has 0 bridgehead atoms. The predicted molar refractivity (Wildman–Crippen MR) is 109 cm³/mol. The Morgan fingerprint density at radius 3 is 2.69 bits per heavy atom. The van der Waals surface area contributed by atoms with E-state index in [1.807, 2.05) is 18.2 Å². The van der Waals surface area contributed by atoms with E-state index in [0.717, 1.165) is 44.4 Å². The van der Waals surface area contributed by atoms with E-state index in [4.69, 9.17) is 4.74 Å². The van der Waals surface area contributed by atoms with Crippen LogP contribution in [0.4, 0.5) is 4.79 Å². The summed E-state index contributed by atoms with van der Waals surface area (Å²) in [5.41, 5.74) is 7.06. The molecule has 4 N–H and O–H groups in total. The second kappa shape index (κ2) is 9.11. The number of nitrogens with zero attached hydrogens (tertiary/aromatic N) is 1. The van der Waals surface area contributed by atoms with Crippen molar-refractivity contribution < 1.29 is 19.4 Å². The molecule has 0 atom stereocenters. The monoisotopic (exact) mass is 404 g/mol. The lowest BCUT2D eigenvalue weighted by molar-refractivity contribution is -0.118. The molecule has 1 aliphatic carbocycles. The van der Waals surface area contributed by atoms with E-state index in [2.05, 4.69) is 22.2 Å². The molecule has 0 spiro atoms. The van der Waals surface area contributed by atoms with Gasteiger partial charge in [-0.15, -0.1) is 0 Å². The van der Waals surface area contributed by atoms with Gasteiger partial charge in [-0.1, -0.05) is 18.6 Å². The number of carbonyl (C=O) groups is 2. The van der Waals surface area contributed by atoms with Crippen molar-refractivity contribution in [3.8, 4) is 5.75 Å². The summed E-state index contributed by atoms with van der Waals surface area (Å²) in [6, 6.07) is 7.75. The number of urea groups is 1. The molecule has 1 heterocycles. The second-order valence-electron chi connectivity index (χ2n) is 8.60. The maximum atomic E-state index is 11.5. The van der Waals surface area contributed by atoms with E-state index in [1.165, 1.54) is 5.56 Å². The third kappa shape index (κ3) is 6.42. The van der Waals surface area contributed by atoms with Crippen molar-refractivity contribution in [1.82, 2.24) is 21.1 Å². The number of imide groups is 1. The summed E-state index contributed by atoms with van der Waals surface area (Å²) < 4.78 is 5.71. The molecular formula is C21H32N4O4. The highest BCUT2D eigenvalue weighted by atomic mass is 16.5. The number of hydrogen-bond donors (Lipinski definition) is 4. The lowest BCUT2D eigenvalue weighted by atomic mass is 10.1. The molecule has 1 saturated heterocycles. The topological polar surface area (TPSA) is 103 Å². The fraction of sp³-hybridized carbons (Fsp3) is 0.619. The largest absolute Gasteiger partial charge is 0.491 e. The Balaban J connectivity index is 1.34. The lowest BCUT2D eigenvalue weighted by Crippen LogP contribution is -2.41. The van der Waals surface area contributed by atoms with Crippen LogP contribution in [0.1, 0.15) is 51.5 Å². The zero-order valence-corrected chi connectivity index (χ0v) is 17.3. The van der Waals surface area contributed by atoms with Crippen molar-refractivity contribution in [3.63, 3.8) is 0 Å². The van der Waals surface area contributed by atoms with Gasteiger partial charge in [-0.2, -0.15) is 0 Å². The zero-order chi connectivity index (χ0) is 20.9. The van der Waals surface area contributed by atoms with E-state index in [9.17, 15) is 14.7 Å². The fourth-order valence-corrected chi connectivity index (χ4v) is 3.34. The number of aliphatic hydroxyl groups is 1. The number of unbranched alkanes of at least 4 members (excludes halogenated alkanes) is 2. The van der Waals surface area contributed by atoms with Gasteiger partial charge in [0.2, 0.25) is 5.91 Å². The molecule has 3 amide bonds. The average Bonchev–Trinajstić information content (AvgIpc) is 3.38. The molecule has 1 aromatic rings. The second-order valence-corrected chi connectivity index (χ2v) is 8.60. The first kappa shape index (κ1) is 21.5. The van der Waals surface area contributed by atoms with E-state index in [1.54, 1.807) is 18.7 Å². The maximum Gasteiger partial charge on any atom is 0.324 e. The number of rotatable bonds is 12. The van der Waals surface area contributed by atoms with Gasteiger partial charge in [-0.3, -0.25) is 15.5 Å². The summed E-state index contributed by atoms with van der Waals surface area (Å²) in [4.78, 5) is 24.2. The zero-order valence-electron chi connectivity index (χ0n) is 17.3. The van der Waals surface area contributed by atoms with Gasteiger partial charge in [-0.25, -0.2) is 10.2 Å². The normalized spacial score (nSPS) is 18.1. The Hall–Kier alpha value is -2.16. The van der Waals surface area contributed by atoms with Crippen molar-refractivity contribution >= 4 is 11.9 Å². The van der Waals surface area contributed by atoms with E-state index < -0.39 is 5.60 Å². The molecule has 0 unspecified atom stereocenters. The van der Waals surface area contributed by atoms with Gasteiger partial charge >= 0.3 is 6.03 Å². The van der Waals surface area contributed by atoms with Gasteiger partial charge < -0.3 is 14.7 Å². The summed E-state index contributed by atoms with van der Waals surface area (Å²) in [6.07, 6.45) is 4.98. The van der Waals surface area contributed by atoms with Crippen molar-refractivity contribution in [2.45, 2.75) is 57.1 Å². The van der Waals surface area contributed by atoms with Crippen molar-refractivity contribution in [2.75, 3.05) is 26.2 Å². The van der Waals surface area contributed by atoms with Gasteiger partial charge in [0.25, 0.3) is 0 Å². The van der Waals surface area contributed by atoms with Crippen LogP contribution in [0.2, 0.25) is 0 Å². The number of benzene rings is 1. The first-order valence-electron chi connectivity index (χ1n) is 10.3. The Morgan fingerprint density at radius 2 is 2.03 bits per heavy atom. The Labute approximate surface area is 172 Å². The van der Waals surface area contributed by atoms with Crippen molar-refractivity contribution in [2.24, 2.45) is 0 Å². The highest BCUT2D eigenvalue weighted by Crippen LogP contribution is 2.45. The third-order valence-electron chi connectivity index (χ3n) is 5.15. The molecule has 1 aromatic carbocycles. The van der Waals surface area contributed by atoms with Crippen LogP contribution in [0, 0.1) is 0 Å². The van der Waals surface area contributed by atoms with Crippen LogP contribution in [0.5, 0.6) is 5.75 Å². The summed E-state index contributed by atoms with van der Waals surface area (Å²) in [5, 5.41) is 12.1. The molecule has 160 valence electrons. The Kier molecular flexibility index (Phi) is 6.77. The van der Waals surface area contributed by atoms with E-state index in [0.29, 0.717) is 6.54 Å². The number of hydrazine groups is 1. The minimum Gasteiger partial charge on any atom is -0.491 e. The standard InChI is InChI=1S/C21H32N4O4/c1-20(2,28)15-29-17-8-6-7-16(13-17)21(9-10-21)24-22-11-4-3-5-12-25-14-18(26)23-19(25)27/h6-8,13,22,24,28H,3-5,9-12,14-15H2,1-2H3,(H,23,26,27). The van der Waals surface area contributed by atoms with E-state index in [-0.39, 0.29) is 30.6 Å². The van der Waals surface area contributed by atoms with Crippen molar-refractivity contribution in [3.05, 3.63) is 29.8 Å². The molecule has 1 aliphatic heterocycles. The van der Waals surface area contributed by atoms with Crippen LogP contribution in [0.15, 0.2) is 24.3 Å². The minimum absolute atomic E-state index is 0.0535. The molecule has 2 aliphatic rings. The van der Waals surface area contributed by atoms with Gasteiger partial charge in [0, 0.05) is 13.1 Å². The molecule has 29 heavy (non-hydrogen) atoms. The molecule has 0 aromatic heterocycles. The summed E-state index contributed by atoms with van der Waals surface area (Å²) >= 11 is 0. The first-order chi connectivity index (χ1) is 13.8. The van der Waals surface area contributed by atoms with Crippen LogP contribution < -0.4 is 20.9 Å². The summed E-state index contributed by atoms with van der Waals surface area (Å²) in [6.45, 7) is 5.34. The molecule has 8 heteroatoms. The highest BCUT2D eigenvalue weighted by molar-refractivity contribution is 6.01. The number of hydrogen-bond acceptors (Lipinski definition) is 6. The quantitative estimate of drug-likeness (QED) is 0.240. The maximum absolute atomic E-state index is 11.5. The van der Waals surface area contributed by atoms with Gasteiger partial charge in [0.1, 0.15) is 18.9 Å². The Bertz CT molecular complexity index is 728. The molecule has 3 rings (SSSR count). The molecule has 0 radical (unpaired) electrons. The minimum atomic E-state index is -0.860. The van der Waals surface area contributed by atoms with Crippen LogP contribution in [0.25, 0.3) is 0 Å². The predicted octanol–water partition coefficient (Wildman–Crippen LogP) is 1.64. The van der Waals surface area contributed by atoms with Gasteiger partial charge in [0.15, 0.2) is 0 Å². The van der Waals surface area contributed by atoms with Crippen LogP contribution >= 0.6 is 0 Å².